The number of allylic oxidation sites excluding steroid dienone is 1. The number of methoxy groups -OCH3 is 1. The molecule has 22 heavy (non-hydrogen) atoms. The minimum Gasteiger partial charge on any atom is -0.497 e. The van der Waals surface area contributed by atoms with Crippen LogP contribution in [0.4, 0.5) is 0 Å². The third-order valence-electron chi connectivity index (χ3n) is 4.17. The monoisotopic (exact) mass is 303 g/mol. The number of likely N-dealkylation sites (tertiary alicyclic amines) is 1. The van der Waals surface area contributed by atoms with Gasteiger partial charge in [0, 0.05) is 19.2 Å². The van der Waals surface area contributed by atoms with Crippen molar-refractivity contribution >= 4 is 17.4 Å². The third kappa shape index (κ3) is 3.30. The van der Waals surface area contributed by atoms with Gasteiger partial charge in [-0.05, 0) is 43.5 Å². The van der Waals surface area contributed by atoms with Crippen LogP contribution in [0.3, 0.4) is 0 Å². The third-order valence-corrected chi connectivity index (χ3v) is 4.17. The summed E-state index contributed by atoms with van der Waals surface area (Å²) in [6, 6.07) is 7.49. The van der Waals surface area contributed by atoms with Crippen molar-refractivity contribution in [2.75, 3.05) is 20.2 Å². The number of ether oxygens (including phenoxy) is 1. The first kappa shape index (κ1) is 16.1. The molecular weight excluding hydrogens is 282 g/mol. The lowest BCUT2D eigenvalue weighted by molar-refractivity contribution is -0.147. The van der Waals surface area contributed by atoms with E-state index in [1.165, 1.54) is 0 Å². The van der Waals surface area contributed by atoms with Crippen LogP contribution >= 0.6 is 0 Å². The molecule has 0 aliphatic carbocycles. The molecule has 0 radical (unpaired) electrons. The average molecular weight is 303 g/mol. The van der Waals surface area contributed by atoms with Gasteiger partial charge in [0.15, 0.2) is 0 Å². The highest BCUT2D eigenvalue weighted by atomic mass is 16.5. The van der Waals surface area contributed by atoms with E-state index in [1.54, 1.807) is 25.0 Å². The number of hydrogen-bond donors (Lipinski definition) is 1. The molecule has 1 aliphatic heterocycles. The van der Waals surface area contributed by atoms with Crippen molar-refractivity contribution in [1.82, 2.24) is 4.90 Å². The van der Waals surface area contributed by atoms with Gasteiger partial charge in [0.1, 0.15) is 5.75 Å². The maximum absolute atomic E-state index is 12.3. The summed E-state index contributed by atoms with van der Waals surface area (Å²) in [6.07, 6.45) is 2.04. The molecule has 1 heterocycles. The molecule has 5 heteroatoms. The van der Waals surface area contributed by atoms with E-state index >= 15 is 0 Å². The molecule has 1 N–H and O–H groups in total. The van der Waals surface area contributed by atoms with Gasteiger partial charge in [-0.1, -0.05) is 12.1 Å². The summed E-state index contributed by atoms with van der Waals surface area (Å²) in [4.78, 5) is 25.2. The molecule has 118 valence electrons. The van der Waals surface area contributed by atoms with Crippen molar-refractivity contribution in [2.24, 2.45) is 5.41 Å². The zero-order chi connectivity index (χ0) is 16.3. The summed E-state index contributed by atoms with van der Waals surface area (Å²) in [5, 5.41) is 9.22. The van der Waals surface area contributed by atoms with Crippen molar-refractivity contribution in [3.8, 4) is 5.75 Å². The Morgan fingerprint density at radius 2 is 2.14 bits per heavy atom. The molecule has 0 saturated carbocycles. The molecule has 2 rings (SSSR count). The van der Waals surface area contributed by atoms with Gasteiger partial charge in [-0.25, -0.2) is 0 Å². The maximum Gasteiger partial charge on any atom is 0.311 e. The van der Waals surface area contributed by atoms with E-state index in [9.17, 15) is 14.7 Å². The fraction of sp³-hybridized carbons (Fsp3) is 0.412. The molecular formula is C17H21NO4. The number of rotatable bonds is 4. The van der Waals surface area contributed by atoms with Crippen LogP contribution in [0.25, 0.3) is 5.57 Å². The standard InChI is InChI=1S/C17H21NO4/c1-12(13-5-4-6-14(10-13)22-3)9-15(19)18-8-7-17(2,11-18)16(20)21/h4-6,9-10H,7-8,11H2,1-3H3,(H,20,21)/b12-9+. The first-order valence-electron chi connectivity index (χ1n) is 7.21. The summed E-state index contributed by atoms with van der Waals surface area (Å²) in [5.74, 6) is -0.265. The first-order chi connectivity index (χ1) is 10.4. The highest BCUT2D eigenvalue weighted by Crippen LogP contribution is 2.30. The molecule has 1 aromatic carbocycles. The van der Waals surface area contributed by atoms with E-state index in [-0.39, 0.29) is 12.5 Å². The first-order valence-corrected chi connectivity index (χ1v) is 7.21. The Bertz CT molecular complexity index is 623. The van der Waals surface area contributed by atoms with Gasteiger partial charge in [-0.2, -0.15) is 0 Å². The lowest BCUT2D eigenvalue weighted by atomic mass is 9.90. The molecule has 0 bridgehead atoms. The van der Waals surface area contributed by atoms with Crippen LogP contribution in [0.1, 0.15) is 25.8 Å². The summed E-state index contributed by atoms with van der Waals surface area (Å²) < 4.78 is 5.18. The van der Waals surface area contributed by atoms with E-state index < -0.39 is 11.4 Å². The van der Waals surface area contributed by atoms with Crippen molar-refractivity contribution in [2.45, 2.75) is 20.3 Å². The number of benzene rings is 1. The van der Waals surface area contributed by atoms with E-state index in [0.29, 0.717) is 13.0 Å². The zero-order valence-corrected chi connectivity index (χ0v) is 13.1. The maximum atomic E-state index is 12.3. The van der Waals surface area contributed by atoms with Gasteiger partial charge in [-0.15, -0.1) is 0 Å². The quantitative estimate of drug-likeness (QED) is 0.868. The molecule has 1 atom stereocenters. The molecule has 5 nitrogen and oxygen atoms in total. The number of aliphatic carboxylic acids is 1. The molecule has 1 unspecified atom stereocenters. The largest absolute Gasteiger partial charge is 0.497 e. The summed E-state index contributed by atoms with van der Waals surface area (Å²) >= 11 is 0. The van der Waals surface area contributed by atoms with E-state index in [2.05, 4.69) is 0 Å². The number of carbonyl (C=O) groups is 2. The minimum atomic E-state index is -0.851. The van der Waals surface area contributed by atoms with Gasteiger partial charge < -0.3 is 14.7 Å². The smallest absolute Gasteiger partial charge is 0.311 e. The second-order valence-corrected chi connectivity index (χ2v) is 5.93. The van der Waals surface area contributed by atoms with Crippen molar-refractivity contribution in [3.63, 3.8) is 0 Å². The van der Waals surface area contributed by atoms with E-state index in [0.717, 1.165) is 16.9 Å². The minimum absolute atomic E-state index is 0.148. The predicted molar refractivity (Wildman–Crippen MR) is 83.6 cm³/mol. The van der Waals surface area contributed by atoms with Crippen LogP contribution in [0.5, 0.6) is 5.75 Å². The predicted octanol–water partition coefficient (Wildman–Crippen LogP) is 2.42. The lowest BCUT2D eigenvalue weighted by Gasteiger charge is -2.19. The van der Waals surface area contributed by atoms with Gasteiger partial charge in [0.25, 0.3) is 0 Å². The van der Waals surface area contributed by atoms with Crippen LogP contribution < -0.4 is 4.74 Å². The van der Waals surface area contributed by atoms with E-state index in [1.807, 2.05) is 31.2 Å². The zero-order valence-electron chi connectivity index (χ0n) is 13.1. The Morgan fingerprint density at radius 1 is 1.41 bits per heavy atom. The lowest BCUT2D eigenvalue weighted by Crippen LogP contribution is -2.34. The second kappa shape index (κ2) is 6.22. The van der Waals surface area contributed by atoms with Crippen LogP contribution in [0.15, 0.2) is 30.3 Å². The Balaban J connectivity index is 2.12. The van der Waals surface area contributed by atoms with Crippen LogP contribution in [0, 0.1) is 5.41 Å². The number of carboxylic acids is 1. The van der Waals surface area contributed by atoms with Crippen molar-refractivity contribution in [1.29, 1.82) is 0 Å². The van der Waals surface area contributed by atoms with Crippen molar-refractivity contribution in [3.05, 3.63) is 35.9 Å². The van der Waals surface area contributed by atoms with Crippen LogP contribution in [0.2, 0.25) is 0 Å². The fourth-order valence-electron chi connectivity index (χ4n) is 2.55. The number of amides is 1. The fourth-order valence-corrected chi connectivity index (χ4v) is 2.55. The normalized spacial score (nSPS) is 21.8. The average Bonchev–Trinajstić information content (AvgIpc) is 2.91. The van der Waals surface area contributed by atoms with Gasteiger partial charge in [-0.3, -0.25) is 9.59 Å². The van der Waals surface area contributed by atoms with Gasteiger partial charge >= 0.3 is 5.97 Å². The van der Waals surface area contributed by atoms with Crippen molar-refractivity contribution < 1.29 is 19.4 Å². The summed E-state index contributed by atoms with van der Waals surface area (Å²) in [5.41, 5.74) is 0.897. The molecule has 0 spiro atoms. The topological polar surface area (TPSA) is 66.8 Å². The van der Waals surface area contributed by atoms with E-state index in [4.69, 9.17) is 4.74 Å². The van der Waals surface area contributed by atoms with Crippen LogP contribution in [-0.2, 0) is 9.59 Å². The molecule has 1 fully saturated rings. The highest BCUT2D eigenvalue weighted by molar-refractivity contribution is 5.95. The van der Waals surface area contributed by atoms with Gasteiger partial charge in [0.05, 0.1) is 12.5 Å². The number of hydrogen-bond acceptors (Lipinski definition) is 3. The Morgan fingerprint density at radius 3 is 2.73 bits per heavy atom. The molecule has 0 aromatic heterocycles. The molecule has 1 aromatic rings. The van der Waals surface area contributed by atoms with Crippen LogP contribution in [-0.4, -0.2) is 42.1 Å². The Labute approximate surface area is 130 Å². The second-order valence-electron chi connectivity index (χ2n) is 5.93. The summed E-state index contributed by atoms with van der Waals surface area (Å²) in [6.45, 7) is 4.27. The molecule has 1 aliphatic rings. The Hall–Kier alpha value is -2.30. The SMILES string of the molecule is COc1cccc(/C(C)=C/C(=O)N2CCC(C)(C(=O)O)C2)c1. The number of nitrogens with zero attached hydrogens (tertiary/aromatic N) is 1. The highest BCUT2D eigenvalue weighted by Gasteiger charge is 2.41. The molecule has 1 amide bonds. The Kier molecular flexibility index (Phi) is 4.54. The van der Waals surface area contributed by atoms with Gasteiger partial charge in [0.2, 0.25) is 5.91 Å². The summed E-state index contributed by atoms with van der Waals surface area (Å²) in [7, 11) is 1.60. The number of carboxylic acid groups (broad SMARTS) is 1. The number of carbonyl (C=O) groups excluding carboxylic acids is 1. The molecule has 1 saturated heterocycles.